The summed E-state index contributed by atoms with van der Waals surface area (Å²) in [6, 6.07) is 20.1. The number of para-hydroxylation sites is 1. The Labute approximate surface area is 148 Å². The number of aromatic nitrogens is 1. The molecule has 1 aromatic heterocycles. The van der Waals surface area contributed by atoms with Gasteiger partial charge in [0.2, 0.25) is 0 Å². The summed E-state index contributed by atoms with van der Waals surface area (Å²) in [6.07, 6.45) is 4.93. The molecule has 3 aromatic rings. The van der Waals surface area contributed by atoms with Crippen LogP contribution in [-0.4, -0.2) is 16.2 Å². The summed E-state index contributed by atoms with van der Waals surface area (Å²) < 4.78 is 1.94. The molecule has 0 fully saturated rings. The van der Waals surface area contributed by atoms with Gasteiger partial charge < -0.3 is 4.57 Å². The molecular weight excluding hydrogens is 310 g/mol. The lowest BCUT2D eigenvalue weighted by atomic mass is 10.1. The van der Waals surface area contributed by atoms with Crippen molar-refractivity contribution >= 4 is 22.5 Å². The Morgan fingerprint density at radius 2 is 1.80 bits per heavy atom. The van der Waals surface area contributed by atoms with Crippen LogP contribution in [0.4, 0.5) is 0 Å². The van der Waals surface area contributed by atoms with Crippen molar-refractivity contribution in [2.75, 3.05) is 0 Å². The zero-order chi connectivity index (χ0) is 17.5. The van der Waals surface area contributed by atoms with Gasteiger partial charge in [0, 0.05) is 11.7 Å². The number of hydrogen-bond acceptors (Lipinski definition) is 2. The number of carbonyl (C=O) groups is 1. The quantitative estimate of drug-likeness (QED) is 0.507. The highest BCUT2D eigenvalue weighted by molar-refractivity contribution is 6.01. The first-order valence-electron chi connectivity index (χ1n) is 8.72. The summed E-state index contributed by atoms with van der Waals surface area (Å²) in [5.74, 6) is -0.119. The maximum atomic E-state index is 12.3. The van der Waals surface area contributed by atoms with Crippen molar-refractivity contribution in [2.45, 2.75) is 32.7 Å². The van der Waals surface area contributed by atoms with Crippen molar-refractivity contribution in [1.29, 1.82) is 0 Å². The average Bonchev–Trinajstić information content (AvgIpc) is 3.05. The topological polar surface area (TPSA) is 46.4 Å². The molecule has 4 nitrogen and oxygen atoms in total. The number of rotatable bonds is 7. The van der Waals surface area contributed by atoms with Gasteiger partial charge >= 0.3 is 0 Å². The fraction of sp³-hybridized carbons (Fsp3) is 0.238. The second-order valence-electron chi connectivity index (χ2n) is 6.07. The van der Waals surface area contributed by atoms with Crippen LogP contribution in [0.2, 0.25) is 0 Å². The van der Waals surface area contributed by atoms with E-state index in [1.807, 2.05) is 71.4 Å². The Morgan fingerprint density at radius 1 is 1.04 bits per heavy atom. The highest BCUT2D eigenvalue weighted by Gasteiger charge is 2.07. The first kappa shape index (κ1) is 17.0. The molecule has 0 aliphatic carbocycles. The maximum absolute atomic E-state index is 12.3. The third kappa shape index (κ3) is 4.35. The highest BCUT2D eigenvalue weighted by Crippen LogP contribution is 2.14. The molecule has 25 heavy (non-hydrogen) atoms. The van der Waals surface area contributed by atoms with Crippen molar-refractivity contribution in [1.82, 2.24) is 9.99 Å². The Bertz CT molecular complexity index is 865. The number of carbonyl (C=O) groups excluding carboxylic acids is 1. The van der Waals surface area contributed by atoms with Crippen LogP contribution >= 0.6 is 0 Å². The lowest BCUT2D eigenvalue weighted by Crippen LogP contribution is -2.24. The van der Waals surface area contributed by atoms with E-state index in [2.05, 4.69) is 17.5 Å². The fourth-order valence-corrected chi connectivity index (χ4v) is 2.84. The Kier molecular flexibility index (Phi) is 5.62. The van der Waals surface area contributed by atoms with Crippen molar-refractivity contribution in [2.24, 2.45) is 5.10 Å². The first-order valence-corrected chi connectivity index (χ1v) is 8.72. The second kappa shape index (κ2) is 8.29. The lowest BCUT2D eigenvalue weighted by Gasteiger charge is -2.08. The van der Waals surface area contributed by atoms with E-state index in [-0.39, 0.29) is 12.5 Å². The smallest absolute Gasteiger partial charge is 0.259 e. The number of fused-ring (bicyclic) bond motifs is 1. The first-order chi connectivity index (χ1) is 12.3. The number of benzene rings is 2. The molecule has 0 saturated heterocycles. The van der Waals surface area contributed by atoms with Gasteiger partial charge in [-0.15, -0.1) is 0 Å². The summed E-state index contributed by atoms with van der Waals surface area (Å²) in [5, 5.41) is 5.53. The van der Waals surface area contributed by atoms with Crippen molar-refractivity contribution in [3.8, 4) is 0 Å². The number of hydrogen-bond donors (Lipinski definition) is 1. The summed E-state index contributed by atoms with van der Waals surface area (Å²) in [7, 11) is 0. The van der Waals surface area contributed by atoms with Gasteiger partial charge in [0.15, 0.2) is 0 Å². The highest BCUT2D eigenvalue weighted by atomic mass is 16.2. The van der Waals surface area contributed by atoms with E-state index in [0.29, 0.717) is 0 Å². The fourth-order valence-electron chi connectivity index (χ4n) is 2.84. The Morgan fingerprint density at radius 3 is 2.60 bits per heavy atom. The molecule has 0 aliphatic rings. The molecule has 0 bridgehead atoms. The van der Waals surface area contributed by atoms with Crippen molar-refractivity contribution in [3.05, 3.63) is 72.4 Å². The van der Waals surface area contributed by atoms with Crippen LogP contribution in [0.3, 0.4) is 0 Å². The van der Waals surface area contributed by atoms with Gasteiger partial charge in [0.05, 0.1) is 5.71 Å². The minimum Gasteiger partial charge on any atom is -0.338 e. The molecule has 4 heteroatoms. The molecule has 0 aliphatic heterocycles. The standard InChI is InChI=1S/C21H23N3O/c1-2-3-12-19(17-9-5-4-6-10-17)22-23-21(25)16-24-15-14-18-11-7-8-13-20(18)24/h4-11,13-15H,2-3,12,16H2,1H3,(H,23,25)/b22-19+. The van der Waals surface area contributed by atoms with Gasteiger partial charge in [-0.1, -0.05) is 61.9 Å². The zero-order valence-electron chi connectivity index (χ0n) is 14.5. The molecule has 2 aromatic carbocycles. The monoisotopic (exact) mass is 333 g/mol. The molecule has 3 rings (SSSR count). The van der Waals surface area contributed by atoms with Gasteiger partial charge in [-0.05, 0) is 35.9 Å². The number of hydrazone groups is 1. The largest absolute Gasteiger partial charge is 0.338 e. The van der Waals surface area contributed by atoms with E-state index >= 15 is 0 Å². The van der Waals surface area contributed by atoms with Crippen LogP contribution in [0, 0.1) is 0 Å². The zero-order valence-corrected chi connectivity index (χ0v) is 14.5. The van der Waals surface area contributed by atoms with Crippen molar-refractivity contribution in [3.63, 3.8) is 0 Å². The van der Waals surface area contributed by atoms with Gasteiger partial charge in [0.1, 0.15) is 6.54 Å². The van der Waals surface area contributed by atoms with E-state index in [9.17, 15) is 4.79 Å². The third-order valence-corrected chi connectivity index (χ3v) is 4.18. The summed E-state index contributed by atoms with van der Waals surface area (Å²) >= 11 is 0. The van der Waals surface area contributed by atoms with E-state index in [1.165, 1.54) is 0 Å². The number of amides is 1. The molecule has 0 saturated carbocycles. The number of nitrogens with one attached hydrogen (secondary N) is 1. The van der Waals surface area contributed by atoms with Gasteiger partial charge in [-0.25, -0.2) is 5.43 Å². The predicted molar refractivity (Wildman–Crippen MR) is 103 cm³/mol. The van der Waals surface area contributed by atoms with Crippen LogP contribution in [0.25, 0.3) is 10.9 Å². The van der Waals surface area contributed by atoms with Crippen LogP contribution in [-0.2, 0) is 11.3 Å². The van der Waals surface area contributed by atoms with Gasteiger partial charge in [0.25, 0.3) is 5.91 Å². The van der Waals surface area contributed by atoms with E-state index in [4.69, 9.17) is 0 Å². The van der Waals surface area contributed by atoms with E-state index < -0.39 is 0 Å². The molecule has 1 heterocycles. The molecule has 0 atom stereocenters. The minimum atomic E-state index is -0.119. The number of nitrogens with zero attached hydrogens (tertiary/aromatic N) is 2. The second-order valence-corrected chi connectivity index (χ2v) is 6.07. The molecule has 0 unspecified atom stereocenters. The van der Waals surface area contributed by atoms with Gasteiger partial charge in [-0.2, -0.15) is 5.10 Å². The molecule has 128 valence electrons. The molecule has 0 radical (unpaired) electrons. The van der Waals surface area contributed by atoms with Gasteiger partial charge in [-0.3, -0.25) is 4.79 Å². The van der Waals surface area contributed by atoms with Crippen LogP contribution in [0.15, 0.2) is 72.0 Å². The number of unbranched alkanes of at least 4 members (excludes halogenated alkanes) is 1. The molecular formula is C21H23N3O. The van der Waals surface area contributed by atoms with E-state index in [0.717, 1.165) is 41.4 Å². The SMILES string of the molecule is CCCC/C(=N\NC(=O)Cn1ccc2ccccc21)c1ccccc1. The average molecular weight is 333 g/mol. The maximum Gasteiger partial charge on any atom is 0.259 e. The molecule has 0 spiro atoms. The minimum absolute atomic E-state index is 0.119. The predicted octanol–water partition coefficient (Wildman–Crippen LogP) is 4.35. The van der Waals surface area contributed by atoms with Crippen LogP contribution in [0.1, 0.15) is 31.7 Å². The Hall–Kier alpha value is -2.88. The molecule has 1 N–H and O–H groups in total. The van der Waals surface area contributed by atoms with E-state index in [1.54, 1.807) is 0 Å². The van der Waals surface area contributed by atoms with Crippen molar-refractivity contribution < 1.29 is 4.79 Å². The summed E-state index contributed by atoms with van der Waals surface area (Å²) in [4.78, 5) is 12.3. The molecule has 1 amide bonds. The summed E-state index contributed by atoms with van der Waals surface area (Å²) in [5.41, 5.74) is 5.76. The summed E-state index contributed by atoms with van der Waals surface area (Å²) in [6.45, 7) is 2.41. The Balaban J connectivity index is 1.70. The normalized spacial score (nSPS) is 11.6. The lowest BCUT2D eigenvalue weighted by molar-refractivity contribution is -0.121. The van der Waals surface area contributed by atoms with Crippen LogP contribution < -0.4 is 5.43 Å². The third-order valence-electron chi connectivity index (χ3n) is 4.18. The van der Waals surface area contributed by atoms with Crippen LogP contribution in [0.5, 0.6) is 0 Å².